The van der Waals surface area contributed by atoms with E-state index in [1.165, 1.54) is 25.7 Å². The van der Waals surface area contributed by atoms with Gasteiger partial charge in [0.05, 0.1) is 0 Å². The Morgan fingerprint density at radius 1 is 0.846 bits per heavy atom. The number of rotatable bonds is 4. The third-order valence-electron chi connectivity index (χ3n) is 1.74. The standard InChI is InChI=1S/2C6H9.Hg/c2*1-3-5-6-4-2;/h2*3,5-6H2,1H3;. The van der Waals surface area contributed by atoms with Crippen LogP contribution in [0.25, 0.3) is 0 Å². The maximum atomic E-state index is 3.30. The van der Waals surface area contributed by atoms with Gasteiger partial charge < -0.3 is 0 Å². The number of hydrogen-bond acceptors (Lipinski definition) is 0. The summed E-state index contributed by atoms with van der Waals surface area (Å²) in [5.74, 6) is 6.45. The zero-order valence-corrected chi connectivity index (χ0v) is 14.4. The topological polar surface area (TPSA) is 0 Å². The van der Waals surface area contributed by atoms with E-state index in [0.717, 1.165) is 12.8 Å². The predicted octanol–water partition coefficient (Wildman–Crippen LogP) is 3.37. The molecule has 0 radical (unpaired) electrons. The second-order valence-electron chi connectivity index (χ2n) is 3.09. The van der Waals surface area contributed by atoms with E-state index in [1.807, 2.05) is 0 Å². The van der Waals surface area contributed by atoms with Crippen LogP contribution < -0.4 is 0 Å². The van der Waals surface area contributed by atoms with Crippen molar-refractivity contribution in [3.8, 4) is 18.7 Å². The van der Waals surface area contributed by atoms with E-state index in [9.17, 15) is 0 Å². The molecule has 0 bridgehead atoms. The Balaban J connectivity index is 3.28. The Labute approximate surface area is 95.3 Å². The summed E-state index contributed by atoms with van der Waals surface area (Å²) in [6, 6.07) is 0. The van der Waals surface area contributed by atoms with Gasteiger partial charge in [0.15, 0.2) is 0 Å². The fourth-order valence-electron chi connectivity index (χ4n) is 0.876. The van der Waals surface area contributed by atoms with Crippen molar-refractivity contribution in [2.24, 2.45) is 0 Å². The Kier molecular flexibility index (Phi) is 12.1. The van der Waals surface area contributed by atoms with Crippen molar-refractivity contribution in [2.45, 2.75) is 52.4 Å². The van der Waals surface area contributed by atoms with Gasteiger partial charge in [-0.25, -0.2) is 0 Å². The quantitative estimate of drug-likeness (QED) is 0.408. The van der Waals surface area contributed by atoms with Crippen LogP contribution in [0.4, 0.5) is 0 Å². The molecular formula is C12H18Hg. The molecule has 0 saturated heterocycles. The molecule has 0 aromatic carbocycles. The molecule has 0 aliphatic carbocycles. The van der Waals surface area contributed by atoms with E-state index < -0.39 is 24.6 Å². The molecule has 0 fully saturated rings. The molecule has 1 heteroatoms. The molecule has 0 amide bonds. The van der Waals surface area contributed by atoms with Crippen LogP contribution in [-0.2, 0) is 24.6 Å². The van der Waals surface area contributed by atoms with E-state index in [1.54, 1.807) is 0 Å². The van der Waals surface area contributed by atoms with Crippen LogP contribution in [0, 0.1) is 18.7 Å². The zero-order chi connectivity index (χ0) is 9.78. The second-order valence-corrected chi connectivity index (χ2v) is 7.21. The molecule has 68 valence electrons. The van der Waals surface area contributed by atoms with E-state index in [0.29, 0.717) is 0 Å². The Hall–Kier alpha value is 0.0551. The van der Waals surface area contributed by atoms with Crippen LogP contribution in [0.3, 0.4) is 0 Å². The van der Waals surface area contributed by atoms with Crippen LogP contribution in [0.15, 0.2) is 0 Å². The van der Waals surface area contributed by atoms with Gasteiger partial charge in [0.2, 0.25) is 0 Å². The van der Waals surface area contributed by atoms with Crippen molar-refractivity contribution in [1.29, 1.82) is 0 Å². The first-order chi connectivity index (χ1) is 6.41. The minimum absolute atomic E-state index is 1.04. The first kappa shape index (κ1) is 13.1. The molecule has 0 aliphatic rings. The molecule has 13 heavy (non-hydrogen) atoms. The molecule has 0 heterocycles. The Bertz CT molecular complexity index is 185. The molecule has 0 N–H and O–H groups in total. The first-order valence-corrected chi connectivity index (χ1v) is 10.8. The average molecular weight is 363 g/mol. The van der Waals surface area contributed by atoms with Crippen LogP contribution in [0.5, 0.6) is 0 Å². The van der Waals surface area contributed by atoms with E-state index in [4.69, 9.17) is 0 Å². The van der Waals surface area contributed by atoms with Gasteiger partial charge in [-0.05, 0) is 0 Å². The van der Waals surface area contributed by atoms with Crippen molar-refractivity contribution in [1.82, 2.24) is 0 Å². The molecule has 0 unspecified atom stereocenters. The van der Waals surface area contributed by atoms with Crippen LogP contribution in [0.1, 0.15) is 52.4 Å². The molecule has 0 nitrogen and oxygen atoms in total. The summed E-state index contributed by atoms with van der Waals surface area (Å²) in [6.45, 7) is 4.41. The van der Waals surface area contributed by atoms with Crippen LogP contribution >= 0.6 is 0 Å². The maximum absolute atomic E-state index is 3.30. The molecule has 0 atom stereocenters. The minimum atomic E-state index is -1.04. The fourth-order valence-corrected chi connectivity index (χ4v) is 3.57. The molecule has 0 spiro atoms. The van der Waals surface area contributed by atoms with Gasteiger partial charge in [-0.1, -0.05) is 0 Å². The van der Waals surface area contributed by atoms with E-state index >= 15 is 0 Å². The van der Waals surface area contributed by atoms with Gasteiger partial charge >= 0.3 is 95.6 Å². The third-order valence-corrected chi connectivity index (χ3v) is 5.06. The van der Waals surface area contributed by atoms with Crippen molar-refractivity contribution >= 4 is 0 Å². The number of unbranched alkanes of at least 4 members (excludes halogenated alkanes) is 4. The van der Waals surface area contributed by atoms with Crippen molar-refractivity contribution in [2.75, 3.05) is 0 Å². The van der Waals surface area contributed by atoms with Crippen molar-refractivity contribution < 1.29 is 24.6 Å². The molecule has 0 aliphatic heterocycles. The molecule has 0 saturated carbocycles. The molecule has 0 rings (SSSR count). The summed E-state index contributed by atoms with van der Waals surface area (Å²) in [6.07, 6.45) is 7.20. The summed E-state index contributed by atoms with van der Waals surface area (Å²) in [5, 5.41) is 0. The SMILES string of the molecule is CCCCC#[C][Hg][C]#CCCCC. The molecule has 0 aromatic heterocycles. The van der Waals surface area contributed by atoms with Gasteiger partial charge in [0.25, 0.3) is 0 Å². The van der Waals surface area contributed by atoms with Gasteiger partial charge in [-0.15, -0.1) is 0 Å². The average Bonchev–Trinajstić information content (AvgIpc) is 2.16. The third kappa shape index (κ3) is 12.1. The van der Waals surface area contributed by atoms with Crippen LogP contribution in [0.2, 0.25) is 0 Å². The predicted molar refractivity (Wildman–Crippen MR) is 54.6 cm³/mol. The fraction of sp³-hybridized carbons (Fsp3) is 0.667. The van der Waals surface area contributed by atoms with E-state index in [2.05, 4.69) is 32.5 Å². The normalized spacial score (nSPS) is 7.54. The van der Waals surface area contributed by atoms with Crippen molar-refractivity contribution in [3.63, 3.8) is 0 Å². The summed E-state index contributed by atoms with van der Waals surface area (Å²) in [4.78, 5) is 0. The summed E-state index contributed by atoms with van der Waals surface area (Å²) in [5.41, 5.74) is 0. The van der Waals surface area contributed by atoms with E-state index in [-0.39, 0.29) is 0 Å². The monoisotopic (exact) mass is 364 g/mol. The van der Waals surface area contributed by atoms with Gasteiger partial charge in [-0.2, -0.15) is 0 Å². The van der Waals surface area contributed by atoms with Gasteiger partial charge in [0.1, 0.15) is 0 Å². The summed E-state index contributed by atoms with van der Waals surface area (Å²) >= 11 is -1.04. The van der Waals surface area contributed by atoms with Gasteiger partial charge in [0, 0.05) is 0 Å². The first-order valence-electron chi connectivity index (χ1n) is 5.33. The molecule has 0 aromatic rings. The second kappa shape index (κ2) is 12.1. The van der Waals surface area contributed by atoms with Crippen molar-refractivity contribution in [3.05, 3.63) is 0 Å². The van der Waals surface area contributed by atoms with Crippen LogP contribution in [-0.4, -0.2) is 0 Å². The number of hydrogen-bond donors (Lipinski definition) is 0. The zero-order valence-electron chi connectivity index (χ0n) is 8.95. The Morgan fingerprint density at radius 3 is 1.69 bits per heavy atom. The molecular weight excluding hydrogens is 345 g/mol. The van der Waals surface area contributed by atoms with Gasteiger partial charge in [-0.3, -0.25) is 0 Å². The Morgan fingerprint density at radius 2 is 1.31 bits per heavy atom. The summed E-state index contributed by atoms with van der Waals surface area (Å²) < 4.78 is 6.59. The summed E-state index contributed by atoms with van der Waals surface area (Å²) in [7, 11) is 0.